The molecule has 5 nitrogen and oxygen atoms in total. The fourth-order valence-electron chi connectivity index (χ4n) is 1.66. The van der Waals surface area contributed by atoms with E-state index in [0.29, 0.717) is 0 Å². The molecule has 88 valence electrons. The Balaban J connectivity index is 2.41. The number of carbonyl (C=O) groups is 1. The summed E-state index contributed by atoms with van der Waals surface area (Å²) in [5.74, 6) is -0.519. The van der Waals surface area contributed by atoms with E-state index in [1.165, 1.54) is 0 Å². The fourth-order valence-corrected chi connectivity index (χ4v) is 1.66. The number of rotatable bonds is 4. The number of nitrogens with two attached hydrogens (primary N) is 1. The van der Waals surface area contributed by atoms with Gasteiger partial charge in [-0.25, -0.2) is 4.68 Å². The van der Waals surface area contributed by atoms with Crippen molar-refractivity contribution in [3.05, 3.63) is 47.8 Å². The van der Waals surface area contributed by atoms with E-state index in [4.69, 9.17) is 5.73 Å². The van der Waals surface area contributed by atoms with Crippen molar-refractivity contribution in [2.75, 3.05) is 7.05 Å². The third-order valence-electron chi connectivity index (χ3n) is 2.45. The van der Waals surface area contributed by atoms with Crippen molar-refractivity contribution in [2.24, 2.45) is 5.73 Å². The first kappa shape index (κ1) is 11.3. The lowest BCUT2D eigenvalue weighted by Gasteiger charge is -2.08. The summed E-state index contributed by atoms with van der Waals surface area (Å²) in [5.41, 5.74) is 7.49. The smallest absolute Gasteiger partial charge is 0.269 e. The van der Waals surface area contributed by atoms with Gasteiger partial charge in [0.05, 0.1) is 5.69 Å². The maximum Gasteiger partial charge on any atom is 0.269 e. The zero-order valence-corrected chi connectivity index (χ0v) is 9.55. The predicted octanol–water partition coefficient (Wildman–Crippen LogP) is 0.691. The van der Waals surface area contributed by atoms with Gasteiger partial charge in [0, 0.05) is 12.7 Å². The van der Waals surface area contributed by atoms with Crippen LogP contribution in [0.2, 0.25) is 0 Å². The minimum atomic E-state index is -0.519. The normalized spacial score (nSPS) is 10.4. The monoisotopic (exact) mass is 230 g/mol. The van der Waals surface area contributed by atoms with Crippen LogP contribution in [0.4, 0.5) is 0 Å². The van der Waals surface area contributed by atoms with Gasteiger partial charge in [0.1, 0.15) is 5.69 Å². The zero-order valence-electron chi connectivity index (χ0n) is 9.55. The Morgan fingerprint density at radius 3 is 2.82 bits per heavy atom. The summed E-state index contributed by atoms with van der Waals surface area (Å²) in [7, 11) is 1.88. The van der Waals surface area contributed by atoms with E-state index in [-0.39, 0.29) is 5.69 Å². The van der Waals surface area contributed by atoms with Crippen LogP contribution in [0.15, 0.2) is 36.5 Å². The molecule has 0 radical (unpaired) electrons. The summed E-state index contributed by atoms with van der Waals surface area (Å²) in [6.07, 6.45) is 1.73. The van der Waals surface area contributed by atoms with E-state index >= 15 is 0 Å². The van der Waals surface area contributed by atoms with Gasteiger partial charge in [0.15, 0.2) is 0 Å². The zero-order chi connectivity index (χ0) is 12.3. The molecule has 1 aromatic carbocycles. The van der Waals surface area contributed by atoms with Crippen molar-refractivity contribution in [3.63, 3.8) is 0 Å². The number of hydrogen-bond donors (Lipinski definition) is 2. The first-order valence-electron chi connectivity index (χ1n) is 5.30. The number of benzene rings is 1. The molecule has 5 heteroatoms. The highest BCUT2D eigenvalue weighted by Gasteiger charge is 2.08. The topological polar surface area (TPSA) is 72.9 Å². The van der Waals surface area contributed by atoms with Gasteiger partial charge in [-0.3, -0.25) is 4.79 Å². The van der Waals surface area contributed by atoms with Gasteiger partial charge in [0.2, 0.25) is 0 Å². The Labute approximate surface area is 99.2 Å². The molecule has 0 spiro atoms. The number of nitrogens with zero attached hydrogens (tertiary/aromatic N) is 2. The molecule has 2 rings (SSSR count). The highest BCUT2D eigenvalue weighted by atomic mass is 16.1. The molecular weight excluding hydrogens is 216 g/mol. The van der Waals surface area contributed by atoms with Crippen molar-refractivity contribution in [1.82, 2.24) is 15.1 Å². The van der Waals surface area contributed by atoms with E-state index in [1.54, 1.807) is 16.9 Å². The average molecular weight is 230 g/mol. The fraction of sp³-hybridized carbons (Fsp3) is 0.167. The number of nitrogens with one attached hydrogen (secondary N) is 1. The van der Waals surface area contributed by atoms with Crippen LogP contribution < -0.4 is 11.1 Å². The molecule has 0 saturated carbocycles. The second kappa shape index (κ2) is 4.80. The molecule has 0 aliphatic rings. The first-order chi connectivity index (χ1) is 8.22. The lowest BCUT2D eigenvalue weighted by molar-refractivity contribution is 0.0995. The molecule has 0 aliphatic heterocycles. The second-order valence-corrected chi connectivity index (χ2v) is 3.67. The van der Waals surface area contributed by atoms with Crippen LogP contribution in [0.5, 0.6) is 0 Å². The maximum absolute atomic E-state index is 11.0. The molecule has 1 heterocycles. The molecule has 0 aliphatic carbocycles. The van der Waals surface area contributed by atoms with Crippen LogP contribution >= 0.6 is 0 Å². The van der Waals surface area contributed by atoms with E-state index in [9.17, 15) is 4.79 Å². The molecule has 1 aromatic heterocycles. The summed E-state index contributed by atoms with van der Waals surface area (Å²) in [4.78, 5) is 11.0. The van der Waals surface area contributed by atoms with Gasteiger partial charge in [-0.2, -0.15) is 5.10 Å². The molecule has 0 fully saturated rings. The van der Waals surface area contributed by atoms with Crippen LogP contribution in [-0.2, 0) is 6.54 Å². The highest BCUT2D eigenvalue weighted by Crippen LogP contribution is 2.13. The number of carbonyl (C=O) groups excluding carboxylic acids is 1. The van der Waals surface area contributed by atoms with E-state index in [2.05, 4.69) is 10.4 Å². The molecule has 0 atom stereocenters. The largest absolute Gasteiger partial charge is 0.364 e. The lowest BCUT2D eigenvalue weighted by Crippen LogP contribution is -2.13. The molecule has 1 amide bonds. The number of hydrogen-bond acceptors (Lipinski definition) is 3. The number of para-hydroxylation sites is 1. The van der Waals surface area contributed by atoms with E-state index < -0.39 is 5.91 Å². The second-order valence-electron chi connectivity index (χ2n) is 3.67. The Morgan fingerprint density at radius 1 is 1.41 bits per heavy atom. The van der Waals surface area contributed by atoms with Gasteiger partial charge in [-0.1, -0.05) is 18.2 Å². The Bertz CT molecular complexity index is 533. The third-order valence-corrected chi connectivity index (χ3v) is 2.45. The van der Waals surface area contributed by atoms with Gasteiger partial charge < -0.3 is 11.1 Å². The molecule has 2 aromatic rings. The summed E-state index contributed by atoms with van der Waals surface area (Å²) in [5, 5.41) is 7.23. The average Bonchev–Trinajstić information content (AvgIpc) is 2.79. The van der Waals surface area contributed by atoms with Crippen LogP contribution in [0.3, 0.4) is 0 Å². The van der Waals surface area contributed by atoms with Gasteiger partial charge in [-0.05, 0) is 24.7 Å². The summed E-state index contributed by atoms with van der Waals surface area (Å²) < 4.78 is 1.66. The van der Waals surface area contributed by atoms with E-state index in [1.807, 2.05) is 31.3 Å². The third kappa shape index (κ3) is 2.34. The van der Waals surface area contributed by atoms with Crippen LogP contribution in [-0.4, -0.2) is 22.7 Å². The molecule has 0 unspecified atom stereocenters. The van der Waals surface area contributed by atoms with Crippen molar-refractivity contribution >= 4 is 5.91 Å². The molecule has 0 saturated heterocycles. The van der Waals surface area contributed by atoms with Crippen LogP contribution in [0.25, 0.3) is 5.69 Å². The first-order valence-corrected chi connectivity index (χ1v) is 5.30. The van der Waals surface area contributed by atoms with Crippen molar-refractivity contribution in [3.8, 4) is 5.69 Å². The number of primary amides is 1. The SMILES string of the molecule is CNCc1ccccc1-n1ccc(C(N)=O)n1. The predicted molar refractivity (Wildman–Crippen MR) is 64.8 cm³/mol. The van der Waals surface area contributed by atoms with E-state index in [0.717, 1.165) is 17.8 Å². The minimum absolute atomic E-state index is 0.268. The summed E-state index contributed by atoms with van der Waals surface area (Å²) in [6.45, 7) is 0.738. The highest BCUT2D eigenvalue weighted by molar-refractivity contribution is 5.90. The summed E-state index contributed by atoms with van der Waals surface area (Å²) >= 11 is 0. The van der Waals surface area contributed by atoms with Gasteiger partial charge in [-0.15, -0.1) is 0 Å². The van der Waals surface area contributed by atoms with Crippen molar-refractivity contribution in [1.29, 1.82) is 0 Å². The quantitative estimate of drug-likeness (QED) is 0.811. The minimum Gasteiger partial charge on any atom is -0.364 e. The Morgan fingerprint density at radius 2 is 2.18 bits per heavy atom. The standard InChI is InChI=1S/C12H14N4O/c1-14-8-9-4-2-3-5-11(9)16-7-6-10(15-16)12(13)17/h2-7,14H,8H2,1H3,(H2,13,17). The molecular formula is C12H14N4O. The van der Waals surface area contributed by atoms with Crippen LogP contribution in [0.1, 0.15) is 16.1 Å². The summed E-state index contributed by atoms with van der Waals surface area (Å²) in [6, 6.07) is 9.47. The molecule has 3 N–H and O–H groups in total. The molecule has 17 heavy (non-hydrogen) atoms. The lowest BCUT2D eigenvalue weighted by atomic mass is 10.2. The van der Waals surface area contributed by atoms with Crippen LogP contribution in [0, 0.1) is 0 Å². The Kier molecular flexibility index (Phi) is 3.20. The maximum atomic E-state index is 11.0. The number of amides is 1. The van der Waals surface area contributed by atoms with Gasteiger partial charge >= 0.3 is 0 Å². The molecule has 0 bridgehead atoms. The number of aromatic nitrogens is 2. The Hall–Kier alpha value is -2.14. The van der Waals surface area contributed by atoms with Crippen molar-refractivity contribution < 1.29 is 4.79 Å². The van der Waals surface area contributed by atoms with Gasteiger partial charge in [0.25, 0.3) is 5.91 Å². The van der Waals surface area contributed by atoms with Crippen molar-refractivity contribution in [2.45, 2.75) is 6.54 Å².